The summed E-state index contributed by atoms with van der Waals surface area (Å²) in [6.07, 6.45) is -0.804. The summed E-state index contributed by atoms with van der Waals surface area (Å²) in [7, 11) is 0. The van der Waals surface area contributed by atoms with Crippen LogP contribution in [0.15, 0.2) is 48.8 Å². The molecule has 1 aromatic carbocycles. The maximum atomic E-state index is 13.0. The molecule has 3 aromatic heterocycles. The summed E-state index contributed by atoms with van der Waals surface area (Å²) in [5.41, 5.74) is 4.34. The quantitative estimate of drug-likeness (QED) is 0.512. The third-order valence-corrected chi connectivity index (χ3v) is 5.39. The van der Waals surface area contributed by atoms with Crippen LogP contribution in [0.1, 0.15) is 24.2 Å². The van der Waals surface area contributed by atoms with Crippen LogP contribution in [0.3, 0.4) is 0 Å². The van der Waals surface area contributed by atoms with Crippen LogP contribution < -0.4 is 5.32 Å². The van der Waals surface area contributed by atoms with Gasteiger partial charge in [0.2, 0.25) is 0 Å². The number of aromatic nitrogens is 4. The monoisotopic (exact) mass is 397 g/mol. The van der Waals surface area contributed by atoms with E-state index in [0.29, 0.717) is 17.8 Å². The van der Waals surface area contributed by atoms with Crippen LogP contribution in [0.5, 0.6) is 0 Å². The predicted octanol–water partition coefficient (Wildman–Crippen LogP) is 4.78. The summed E-state index contributed by atoms with van der Waals surface area (Å²) in [4.78, 5) is 7.48. The van der Waals surface area contributed by atoms with E-state index in [4.69, 9.17) is 5.10 Å². The molecular formula is C21H18F3N5. The smallest absolute Gasteiger partial charge is 0.346 e. The number of H-pyrrole nitrogens is 1. The standard InChI is InChI=1S/C21H18F3N5/c1-12-19-17(15-6-8-26-20-16(15)7-9-27-20)18(28-29(19)11-10-25-12)13-2-4-14(5-3-13)21(22,23)24/h2-9,12,25H,10-11H2,1H3,(H,26,27). The maximum Gasteiger partial charge on any atom is 0.416 e. The third kappa shape index (κ3) is 2.91. The number of nitrogens with one attached hydrogen (secondary N) is 2. The summed E-state index contributed by atoms with van der Waals surface area (Å²) < 4.78 is 41.0. The van der Waals surface area contributed by atoms with E-state index in [2.05, 4.69) is 22.2 Å². The molecule has 0 spiro atoms. The van der Waals surface area contributed by atoms with Crippen molar-refractivity contribution < 1.29 is 13.2 Å². The lowest BCUT2D eigenvalue weighted by Gasteiger charge is -2.23. The molecule has 2 N–H and O–H groups in total. The highest BCUT2D eigenvalue weighted by Crippen LogP contribution is 2.41. The Morgan fingerprint density at radius 2 is 1.90 bits per heavy atom. The molecular weight excluding hydrogens is 379 g/mol. The molecule has 0 fully saturated rings. The average Bonchev–Trinajstić information content (AvgIpc) is 3.32. The fraction of sp³-hybridized carbons (Fsp3) is 0.238. The lowest BCUT2D eigenvalue weighted by Crippen LogP contribution is -2.32. The van der Waals surface area contributed by atoms with E-state index >= 15 is 0 Å². The largest absolute Gasteiger partial charge is 0.416 e. The number of hydrogen-bond donors (Lipinski definition) is 2. The van der Waals surface area contributed by atoms with E-state index in [1.165, 1.54) is 12.1 Å². The number of fused-ring (bicyclic) bond motifs is 2. The van der Waals surface area contributed by atoms with Crippen molar-refractivity contribution in [2.75, 3.05) is 6.54 Å². The molecule has 0 amide bonds. The Labute approximate surface area is 164 Å². The molecule has 148 valence electrons. The zero-order chi connectivity index (χ0) is 20.2. The second-order valence-electron chi connectivity index (χ2n) is 7.18. The van der Waals surface area contributed by atoms with E-state index < -0.39 is 11.7 Å². The van der Waals surface area contributed by atoms with Gasteiger partial charge in [0.25, 0.3) is 0 Å². The number of aromatic amines is 1. The van der Waals surface area contributed by atoms with Gasteiger partial charge < -0.3 is 10.3 Å². The van der Waals surface area contributed by atoms with E-state index in [-0.39, 0.29) is 6.04 Å². The van der Waals surface area contributed by atoms with Gasteiger partial charge in [-0.05, 0) is 36.8 Å². The van der Waals surface area contributed by atoms with Gasteiger partial charge in [0.05, 0.1) is 17.8 Å². The first-order valence-electron chi connectivity index (χ1n) is 9.37. The summed E-state index contributed by atoms with van der Waals surface area (Å²) >= 11 is 0. The average molecular weight is 397 g/mol. The van der Waals surface area contributed by atoms with Crippen molar-refractivity contribution in [1.82, 2.24) is 25.1 Å². The minimum Gasteiger partial charge on any atom is -0.346 e. The van der Waals surface area contributed by atoms with E-state index in [1.54, 1.807) is 6.20 Å². The first-order valence-corrected chi connectivity index (χ1v) is 9.37. The van der Waals surface area contributed by atoms with E-state index in [1.807, 2.05) is 23.0 Å². The SMILES string of the molecule is CC1NCCn2nc(-c3ccc(C(F)(F)F)cc3)c(-c3ccnc4[nH]ccc34)c21. The van der Waals surface area contributed by atoms with E-state index in [9.17, 15) is 13.2 Å². The van der Waals surface area contributed by atoms with Crippen LogP contribution in [0, 0.1) is 0 Å². The van der Waals surface area contributed by atoms with Crippen LogP contribution in [-0.4, -0.2) is 26.3 Å². The summed E-state index contributed by atoms with van der Waals surface area (Å²) in [6.45, 7) is 3.56. The van der Waals surface area contributed by atoms with Crippen molar-refractivity contribution >= 4 is 11.0 Å². The topological polar surface area (TPSA) is 58.5 Å². The number of benzene rings is 1. The van der Waals surface area contributed by atoms with Crippen LogP contribution in [0.4, 0.5) is 13.2 Å². The first kappa shape index (κ1) is 17.9. The van der Waals surface area contributed by atoms with Crippen LogP contribution >= 0.6 is 0 Å². The molecule has 0 aliphatic carbocycles. The van der Waals surface area contributed by atoms with E-state index in [0.717, 1.165) is 46.5 Å². The number of pyridine rings is 1. The van der Waals surface area contributed by atoms with Crippen LogP contribution in [0.25, 0.3) is 33.4 Å². The van der Waals surface area contributed by atoms with Crippen molar-refractivity contribution in [3.05, 3.63) is 60.0 Å². The van der Waals surface area contributed by atoms with Gasteiger partial charge in [0.15, 0.2) is 0 Å². The number of nitrogens with zero attached hydrogens (tertiary/aromatic N) is 3. The lowest BCUT2D eigenvalue weighted by molar-refractivity contribution is -0.137. The highest BCUT2D eigenvalue weighted by atomic mass is 19.4. The molecule has 5 rings (SSSR count). The highest BCUT2D eigenvalue weighted by molar-refractivity contribution is 5.98. The molecule has 5 nitrogen and oxygen atoms in total. The van der Waals surface area contributed by atoms with Crippen molar-refractivity contribution in [3.63, 3.8) is 0 Å². The minimum atomic E-state index is -4.37. The summed E-state index contributed by atoms with van der Waals surface area (Å²) in [6, 6.07) is 9.16. The Bertz CT molecular complexity index is 1190. The van der Waals surface area contributed by atoms with Crippen molar-refractivity contribution in [2.24, 2.45) is 0 Å². The Morgan fingerprint density at radius 3 is 2.66 bits per heavy atom. The number of hydrogen-bond acceptors (Lipinski definition) is 3. The molecule has 4 aromatic rings. The molecule has 0 radical (unpaired) electrons. The zero-order valence-corrected chi connectivity index (χ0v) is 15.6. The Kier molecular flexibility index (Phi) is 3.99. The van der Waals surface area contributed by atoms with Crippen LogP contribution in [-0.2, 0) is 12.7 Å². The first-order chi connectivity index (χ1) is 13.9. The summed E-state index contributed by atoms with van der Waals surface area (Å²) in [5, 5.41) is 9.20. The molecule has 1 aliphatic heterocycles. The molecule has 0 bridgehead atoms. The molecule has 1 unspecified atom stereocenters. The third-order valence-electron chi connectivity index (χ3n) is 5.39. The number of rotatable bonds is 2. The summed E-state index contributed by atoms with van der Waals surface area (Å²) in [5.74, 6) is 0. The predicted molar refractivity (Wildman–Crippen MR) is 104 cm³/mol. The van der Waals surface area contributed by atoms with Gasteiger partial charge in [-0.1, -0.05) is 12.1 Å². The Hall–Kier alpha value is -3.13. The highest BCUT2D eigenvalue weighted by Gasteiger charge is 2.31. The molecule has 8 heteroatoms. The van der Waals surface area contributed by atoms with Crippen molar-refractivity contribution in [1.29, 1.82) is 0 Å². The lowest BCUT2D eigenvalue weighted by atomic mass is 9.94. The zero-order valence-electron chi connectivity index (χ0n) is 15.6. The second kappa shape index (κ2) is 6.45. The van der Waals surface area contributed by atoms with Gasteiger partial charge >= 0.3 is 6.18 Å². The van der Waals surface area contributed by atoms with Gasteiger partial charge in [-0.3, -0.25) is 4.68 Å². The number of alkyl halides is 3. The molecule has 29 heavy (non-hydrogen) atoms. The fourth-order valence-electron chi connectivity index (χ4n) is 4.03. The van der Waals surface area contributed by atoms with Gasteiger partial charge in [0, 0.05) is 41.5 Å². The van der Waals surface area contributed by atoms with Crippen LogP contribution in [0.2, 0.25) is 0 Å². The van der Waals surface area contributed by atoms with Gasteiger partial charge in [-0.2, -0.15) is 18.3 Å². The maximum absolute atomic E-state index is 13.0. The fourth-order valence-corrected chi connectivity index (χ4v) is 4.03. The Morgan fingerprint density at radius 1 is 1.10 bits per heavy atom. The molecule has 4 heterocycles. The second-order valence-corrected chi connectivity index (χ2v) is 7.18. The number of halogens is 3. The van der Waals surface area contributed by atoms with Crippen molar-refractivity contribution in [2.45, 2.75) is 25.7 Å². The normalized spacial score (nSPS) is 16.9. The molecule has 0 saturated carbocycles. The minimum absolute atomic E-state index is 0.0663. The van der Waals surface area contributed by atoms with Crippen molar-refractivity contribution in [3.8, 4) is 22.4 Å². The molecule has 1 atom stereocenters. The van der Waals surface area contributed by atoms with Gasteiger partial charge in [0.1, 0.15) is 11.3 Å². The van der Waals surface area contributed by atoms with Gasteiger partial charge in [-0.15, -0.1) is 0 Å². The molecule has 0 saturated heterocycles. The molecule has 1 aliphatic rings. The van der Waals surface area contributed by atoms with Gasteiger partial charge in [-0.25, -0.2) is 4.98 Å². The Balaban J connectivity index is 1.76.